The van der Waals surface area contributed by atoms with Gasteiger partial charge >= 0.3 is 0 Å². The lowest BCUT2D eigenvalue weighted by Gasteiger charge is -2.37. The first-order valence-corrected chi connectivity index (χ1v) is 56.9. The Morgan fingerprint density at radius 3 is 0.581 bits per heavy atom. The average Bonchev–Trinajstić information content (AvgIpc) is 3.28. The molecule has 0 aliphatic carbocycles. The van der Waals surface area contributed by atoms with Crippen molar-refractivity contribution >= 4 is 40.4 Å². The molecule has 0 unspecified atom stereocenters. The van der Waals surface area contributed by atoms with E-state index in [1.807, 2.05) is 19.6 Å². The van der Waals surface area contributed by atoms with Gasteiger partial charge in [0.05, 0.1) is 8.07 Å². The molecule has 0 aromatic rings. The SMILES string of the molecule is CC(C)(C)C.CC(C)(C)CC(C)(C)CC(C)(C)C.CC(C)C(C)(C)C(C)C.CC(C)CC(C)(C)CC(C)C.CC(C)C[Si](C)(C)CC(C)C.CC(C)[Si](C)(C)C(C)C.CCC.CCC.CCC(C)(C)CC.CC[Si](C)(C)CC.C[Si](C)(C)C.[2H]C([2H])([2H])C(C)(C)C.[2H]C([2H])([2H])[Si](C)(C)C. The van der Waals surface area contributed by atoms with Gasteiger partial charge in [0.1, 0.15) is 0 Å². The van der Waals surface area contributed by atoms with E-state index in [0.717, 1.165) is 46.6 Å². The van der Waals surface area contributed by atoms with Gasteiger partial charge in [0, 0.05) is 40.5 Å². The molecule has 0 amide bonds. The van der Waals surface area contributed by atoms with Gasteiger partial charge < -0.3 is 0 Å². The van der Waals surface area contributed by atoms with Crippen LogP contribution >= 0.6 is 0 Å². The van der Waals surface area contributed by atoms with Crippen molar-refractivity contribution in [2.24, 2.45) is 78.8 Å². The van der Waals surface area contributed by atoms with E-state index in [9.17, 15) is 0 Å². The molecule has 0 spiro atoms. The molecule has 93 heavy (non-hydrogen) atoms. The second kappa shape index (κ2) is 59.6. The molecule has 0 radical (unpaired) electrons. The summed E-state index contributed by atoms with van der Waals surface area (Å²) in [6.07, 6.45) is 10.4. The first-order valence-electron chi connectivity index (χ1n) is 42.4. The lowest BCUT2D eigenvalue weighted by atomic mass is 9.69. The predicted molar refractivity (Wildman–Crippen MR) is 476 cm³/mol. The minimum absolute atomic E-state index is 0.453. The molecule has 0 rings (SSSR count). The Hall–Kier alpha value is 1.08. The molecule has 0 aliphatic heterocycles. The zero-order valence-corrected chi connectivity index (χ0v) is 83.6. The standard InChI is InChI=1S/C13H28.C11H24.C10H24Si.C9H20.C8H20Si.C7H16.C6H16Si.2C5H12.2C4H12Si.2C3H8/c1-11(2,3)9-13(7,8)10-12(4,5)6;2*1-9(2)7-11(5,6)8-10(3)4;2*1-7(2)9(5,6)8(3)4;2*1-5-7(3,4)6-2;4*1-5(2,3)4;2*1-3-2/h9-10H2,1-8H3;2*9-10H,7-8H2,1-6H3;2*7-8H,1-6H3;2*5-6H2,1-4H3;4*1-4H3;2*3H2,1-2H3/i;;;;;;;1D3;;1D3;;;. The smallest absolute Gasteiger partial charge is 0.0525 e. The Bertz CT molecular complexity index is 1480. The van der Waals surface area contributed by atoms with Crippen LogP contribution in [0.4, 0.5) is 0 Å². The molecular formula is C88H212Si5. The maximum atomic E-state index is 6.98. The van der Waals surface area contributed by atoms with E-state index in [4.69, 9.17) is 8.22 Å². The molecule has 0 nitrogen and oxygen atoms in total. The van der Waals surface area contributed by atoms with E-state index < -0.39 is 59.1 Å². The van der Waals surface area contributed by atoms with E-state index in [1.165, 1.54) is 75.5 Å². The van der Waals surface area contributed by atoms with Gasteiger partial charge in [-0.25, -0.2) is 0 Å². The minimum Gasteiger partial charge on any atom is -0.0697 e. The maximum Gasteiger partial charge on any atom is 0.0525 e. The fraction of sp³-hybridized carbons (Fsp3) is 1.00. The average molecular weight is 1420 g/mol. The third-order valence-corrected chi connectivity index (χ3v) is 29.3. The summed E-state index contributed by atoms with van der Waals surface area (Å²) in [6.45, 7) is 128. The summed E-state index contributed by atoms with van der Waals surface area (Å²) < 4.78 is 41.7. The third-order valence-electron chi connectivity index (χ3n) is 15.6. The highest BCUT2D eigenvalue weighted by molar-refractivity contribution is 6.80. The topological polar surface area (TPSA) is 0 Å². The van der Waals surface area contributed by atoms with Gasteiger partial charge in [-0.15, -0.1) is 0 Å². The Balaban J connectivity index is -0.0000000747. The van der Waals surface area contributed by atoms with E-state index >= 15 is 0 Å². The van der Waals surface area contributed by atoms with Gasteiger partial charge in [-0.2, -0.15) is 0 Å². The molecule has 0 saturated heterocycles. The van der Waals surface area contributed by atoms with Crippen LogP contribution in [0.2, 0.25) is 127 Å². The van der Waals surface area contributed by atoms with E-state index in [1.54, 1.807) is 20.8 Å². The van der Waals surface area contributed by atoms with Crippen molar-refractivity contribution in [3.05, 3.63) is 0 Å². The van der Waals surface area contributed by atoms with Crippen LogP contribution in [-0.2, 0) is 0 Å². The van der Waals surface area contributed by atoms with Crippen molar-refractivity contribution in [2.75, 3.05) is 0 Å². The molecule has 0 aromatic heterocycles. The largest absolute Gasteiger partial charge is 0.0697 e. The summed E-state index contributed by atoms with van der Waals surface area (Å²) in [5.41, 5.74) is 4.80. The van der Waals surface area contributed by atoms with Crippen molar-refractivity contribution in [3.8, 4) is 0 Å². The quantitative estimate of drug-likeness (QED) is 0.120. The van der Waals surface area contributed by atoms with Crippen LogP contribution in [0.3, 0.4) is 0 Å². The van der Waals surface area contributed by atoms with Crippen molar-refractivity contribution < 1.29 is 8.22 Å². The van der Waals surface area contributed by atoms with Crippen molar-refractivity contribution in [1.82, 2.24) is 0 Å². The van der Waals surface area contributed by atoms with Gasteiger partial charge in [0.2, 0.25) is 0 Å². The molecule has 0 aliphatic rings. The normalized spacial score (nSPS) is 13.7. The highest BCUT2D eigenvalue weighted by Crippen LogP contribution is 2.41. The lowest BCUT2D eigenvalue weighted by Crippen LogP contribution is -2.32. The molecule has 0 heterocycles. The van der Waals surface area contributed by atoms with Crippen LogP contribution in [0, 0.1) is 78.8 Å². The number of hydrogen-bond donors (Lipinski definition) is 0. The van der Waals surface area contributed by atoms with E-state index in [2.05, 4.69) is 356 Å². The molecule has 584 valence electrons. The summed E-state index contributed by atoms with van der Waals surface area (Å²) in [6, 6.07) is 5.85. The van der Waals surface area contributed by atoms with Gasteiger partial charge in [-0.3, -0.25) is 0 Å². The van der Waals surface area contributed by atoms with Crippen LogP contribution in [0.15, 0.2) is 0 Å². The summed E-state index contributed by atoms with van der Waals surface area (Å²) in [5.74, 6) is 5.05. The van der Waals surface area contributed by atoms with Gasteiger partial charge in [0.15, 0.2) is 0 Å². The van der Waals surface area contributed by atoms with Crippen LogP contribution in [0.25, 0.3) is 0 Å². The highest BCUT2D eigenvalue weighted by atomic mass is 28.3. The molecule has 5 heteroatoms. The predicted octanol–water partition coefficient (Wildman–Crippen LogP) is 36.2. The zero-order chi connectivity index (χ0) is 84.6. The Morgan fingerprint density at radius 2 is 0.516 bits per heavy atom. The molecule has 0 aromatic carbocycles. The molecule has 0 fully saturated rings. The van der Waals surface area contributed by atoms with Crippen molar-refractivity contribution in [2.45, 2.75) is 497 Å². The second-order valence-corrected chi connectivity index (χ2v) is 71.6. The summed E-state index contributed by atoms with van der Waals surface area (Å²) in [7, 11) is -4.81. The van der Waals surface area contributed by atoms with Crippen LogP contribution < -0.4 is 0 Å². The molecule has 0 saturated carbocycles. The van der Waals surface area contributed by atoms with Crippen LogP contribution in [-0.4, -0.2) is 40.4 Å². The number of rotatable bonds is 18. The first-order chi connectivity index (χ1) is 42.4. The fourth-order valence-electron chi connectivity index (χ4n) is 9.35. The van der Waals surface area contributed by atoms with Crippen molar-refractivity contribution in [1.29, 1.82) is 0 Å². The van der Waals surface area contributed by atoms with E-state index in [0.29, 0.717) is 37.9 Å². The van der Waals surface area contributed by atoms with Gasteiger partial charge in [-0.1, -0.05) is 471 Å². The summed E-state index contributed by atoms with van der Waals surface area (Å²) in [4.78, 5) is 0. The zero-order valence-electron chi connectivity index (χ0n) is 84.6. The Morgan fingerprint density at radius 1 is 0.312 bits per heavy atom. The molecule has 0 N–H and O–H groups in total. The monoisotopic (exact) mass is 1420 g/mol. The maximum absolute atomic E-state index is 6.98. The summed E-state index contributed by atoms with van der Waals surface area (Å²) in [5, 5.41) is 0. The lowest BCUT2D eigenvalue weighted by molar-refractivity contribution is 0.143. The Kier molecular flexibility index (Phi) is 68.9. The second-order valence-electron chi connectivity index (χ2n) is 44.3. The molecular weight excluding hydrogens is 1200 g/mol. The van der Waals surface area contributed by atoms with E-state index in [-0.39, 0.29) is 0 Å². The van der Waals surface area contributed by atoms with Crippen molar-refractivity contribution in [3.63, 3.8) is 0 Å². The third kappa shape index (κ3) is 162. The van der Waals surface area contributed by atoms with Crippen LogP contribution in [0.5, 0.6) is 0 Å². The van der Waals surface area contributed by atoms with Gasteiger partial charge in [-0.05, 0) is 105 Å². The first kappa shape index (κ1) is 107. The number of hydrogen-bond acceptors (Lipinski definition) is 0. The molecule has 0 bridgehead atoms. The van der Waals surface area contributed by atoms with Crippen LogP contribution in [0.1, 0.15) is 378 Å². The molecule has 0 atom stereocenters. The van der Waals surface area contributed by atoms with Gasteiger partial charge in [0.25, 0.3) is 0 Å². The minimum atomic E-state index is -1.86. The Labute approximate surface area is 620 Å². The fourth-order valence-corrected chi connectivity index (χ4v) is 15.8. The summed E-state index contributed by atoms with van der Waals surface area (Å²) >= 11 is 0. The highest BCUT2D eigenvalue weighted by Gasteiger charge is 2.31.